The van der Waals surface area contributed by atoms with Crippen molar-refractivity contribution in [3.63, 3.8) is 0 Å². The fourth-order valence-electron chi connectivity index (χ4n) is 3.47. The van der Waals surface area contributed by atoms with Crippen LogP contribution in [0.1, 0.15) is 6.92 Å². The van der Waals surface area contributed by atoms with Crippen molar-refractivity contribution >= 4 is 17.5 Å². The Kier molecular flexibility index (Phi) is 7.77. The third-order valence-corrected chi connectivity index (χ3v) is 5.07. The lowest BCUT2D eigenvalue weighted by Gasteiger charge is -2.42. The van der Waals surface area contributed by atoms with Gasteiger partial charge in [-0.25, -0.2) is 0 Å². The molecule has 1 aliphatic rings. The van der Waals surface area contributed by atoms with Gasteiger partial charge in [0.15, 0.2) is 0 Å². The number of aliphatic hydroxyl groups is 3. The van der Waals surface area contributed by atoms with E-state index in [2.05, 4.69) is 5.32 Å². The lowest BCUT2D eigenvalue weighted by molar-refractivity contribution is -0.244. The summed E-state index contributed by atoms with van der Waals surface area (Å²) in [6.07, 6.45) is -10.6. The molecular weight excluding hydrogens is 461 g/mol. The van der Waals surface area contributed by atoms with Crippen LogP contribution in [0.25, 0.3) is 11.1 Å². The molecule has 2 amide bonds. The van der Waals surface area contributed by atoms with Crippen LogP contribution in [0.2, 0.25) is 0 Å². The molecule has 1 saturated heterocycles. The molecule has 5 atom stereocenters. The van der Waals surface area contributed by atoms with E-state index in [1.165, 1.54) is 31.2 Å². The number of halogens is 3. The first kappa shape index (κ1) is 25.4. The summed E-state index contributed by atoms with van der Waals surface area (Å²) in [6, 6.07) is 10.8. The lowest BCUT2D eigenvalue weighted by Crippen LogP contribution is -2.65. The zero-order chi connectivity index (χ0) is 25.0. The number of nitrogens with one attached hydrogen (secondary N) is 2. The Labute approximate surface area is 192 Å². The maximum Gasteiger partial charge on any atom is 0.471 e. The third-order valence-electron chi connectivity index (χ3n) is 5.07. The number of para-hydroxylation sites is 1. The highest BCUT2D eigenvalue weighted by Crippen LogP contribution is 2.34. The van der Waals surface area contributed by atoms with Gasteiger partial charge in [0.25, 0.3) is 0 Å². The second kappa shape index (κ2) is 10.4. The summed E-state index contributed by atoms with van der Waals surface area (Å²) in [5.41, 5.74) is 0.692. The van der Waals surface area contributed by atoms with Crippen molar-refractivity contribution in [1.29, 1.82) is 0 Å². The molecule has 0 aromatic heterocycles. The van der Waals surface area contributed by atoms with Gasteiger partial charge in [-0.15, -0.1) is 0 Å². The smallest absolute Gasteiger partial charge is 0.462 e. The highest BCUT2D eigenvalue weighted by atomic mass is 19.4. The molecule has 12 heteroatoms. The molecule has 0 bridgehead atoms. The van der Waals surface area contributed by atoms with E-state index in [1.54, 1.807) is 29.6 Å². The maximum absolute atomic E-state index is 12.6. The number of hydrogen-bond acceptors (Lipinski definition) is 7. The van der Waals surface area contributed by atoms with Crippen LogP contribution < -0.4 is 15.4 Å². The number of carbonyl (C=O) groups excluding carboxylic acids is 2. The number of carbonyl (C=O) groups is 2. The molecule has 3 rings (SSSR count). The number of anilines is 1. The standard InChI is InChI=1S/C22H23F3N2O7/c1-11(29)26-17-19(31)18(30)16(10-28)34-20(17)33-15-8-3-2-7-14(15)12-5-4-6-13(9-12)27-21(32)22(23,24)25/h2-9,16-20,28,30-31H,10H2,1H3,(H,26,29)(H,27,32)/t16?,17?,18-,19?,20+/m0/s1. The third kappa shape index (κ3) is 5.83. The number of aliphatic hydroxyl groups excluding tert-OH is 3. The number of benzene rings is 2. The molecule has 5 N–H and O–H groups in total. The van der Waals surface area contributed by atoms with Crippen LogP contribution >= 0.6 is 0 Å². The fourth-order valence-corrected chi connectivity index (χ4v) is 3.47. The van der Waals surface area contributed by atoms with E-state index in [0.29, 0.717) is 11.1 Å². The predicted octanol–water partition coefficient (Wildman–Crippen LogP) is 1.18. The van der Waals surface area contributed by atoms with Crippen LogP contribution in [0.15, 0.2) is 48.5 Å². The van der Waals surface area contributed by atoms with E-state index in [-0.39, 0.29) is 11.4 Å². The topological polar surface area (TPSA) is 137 Å². The van der Waals surface area contributed by atoms with Crippen molar-refractivity contribution in [2.75, 3.05) is 11.9 Å². The van der Waals surface area contributed by atoms with Crippen molar-refractivity contribution in [3.8, 4) is 16.9 Å². The average molecular weight is 484 g/mol. The van der Waals surface area contributed by atoms with Crippen LogP contribution in [0.5, 0.6) is 5.75 Å². The zero-order valence-corrected chi connectivity index (χ0v) is 17.8. The molecule has 2 aromatic rings. The zero-order valence-electron chi connectivity index (χ0n) is 17.8. The molecule has 1 fully saturated rings. The molecule has 2 aromatic carbocycles. The quantitative estimate of drug-likeness (QED) is 0.415. The summed E-state index contributed by atoms with van der Waals surface area (Å²) in [6.45, 7) is 0.566. The van der Waals surface area contributed by atoms with E-state index in [1.807, 2.05) is 0 Å². The molecule has 34 heavy (non-hydrogen) atoms. The first-order valence-corrected chi connectivity index (χ1v) is 10.1. The summed E-state index contributed by atoms with van der Waals surface area (Å²) in [7, 11) is 0. The molecule has 1 aliphatic heterocycles. The second-order valence-corrected chi connectivity index (χ2v) is 7.58. The predicted molar refractivity (Wildman–Crippen MR) is 113 cm³/mol. The summed E-state index contributed by atoms with van der Waals surface area (Å²) in [4.78, 5) is 22.9. The van der Waals surface area contributed by atoms with Gasteiger partial charge < -0.3 is 35.4 Å². The van der Waals surface area contributed by atoms with Crippen molar-refractivity contribution in [2.45, 2.75) is 43.7 Å². The summed E-state index contributed by atoms with van der Waals surface area (Å²) >= 11 is 0. The largest absolute Gasteiger partial charge is 0.471 e. The number of rotatable bonds is 6. The molecule has 3 unspecified atom stereocenters. The Bertz CT molecular complexity index is 1030. The summed E-state index contributed by atoms with van der Waals surface area (Å²) in [5.74, 6) is -2.48. The van der Waals surface area contributed by atoms with Gasteiger partial charge in [-0.1, -0.05) is 30.3 Å². The monoisotopic (exact) mass is 484 g/mol. The Balaban J connectivity index is 1.91. The first-order valence-electron chi connectivity index (χ1n) is 10.1. The van der Waals surface area contributed by atoms with Crippen LogP contribution in [0, 0.1) is 0 Å². The van der Waals surface area contributed by atoms with Gasteiger partial charge in [-0.05, 0) is 23.8 Å². The molecule has 1 heterocycles. The highest BCUT2D eigenvalue weighted by Gasteiger charge is 2.46. The Morgan fingerprint density at radius 3 is 2.44 bits per heavy atom. The Hall–Kier alpha value is -3.19. The maximum atomic E-state index is 12.6. The molecule has 9 nitrogen and oxygen atoms in total. The number of alkyl halides is 3. The SMILES string of the molecule is CC(=O)NC1C(O)[C@@H](O)C(CO)O[C@H]1Oc1ccccc1-c1cccc(NC(=O)C(F)(F)F)c1. The minimum Gasteiger partial charge on any atom is -0.462 e. The molecule has 0 radical (unpaired) electrons. The number of hydrogen-bond donors (Lipinski definition) is 5. The summed E-state index contributed by atoms with van der Waals surface area (Å²) in [5, 5.41) is 34.3. The van der Waals surface area contributed by atoms with Gasteiger partial charge >= 0.3 is 12.1 Å². The molecule has 0 aliphatic carbocycles. The second-order valence-electron chi connectivity index (χ2n) is 7.58. The van der Waals surface area contributed by atoms with Gasteiger partial charge in [0, 0.05) is 18.2 Å². The number of amides is 2. The van der Waals surface area contributed by atoms with Crippen LogP contribution in [0.3, 0.4) is 0 Å². The van der Waals surface area contributed by atoms with Crippen molar-refractivity contribution in [3.05, 3.63) is 48.5 Å². The van der Waals surface area contributed by atoms with Gasteiger partial charge in [0.05, 0.1) is 6.61 Å². The Morgan fingerprint density at radius 1 is 1.09 bits per heavy atom. The molecule has 184 valence electrons. The van der Waals surface area contributed by atoms with E-state index < -0.39 is 55.2 Å². The molecule has 0 spiro atoms. The normalized spacial score (nSPS) is 24.9. The Morgan fingerprint density at radius 2 is 1.79 bits per heavy atom. The minimum absolute atomic E-state index is 0.0986. The van der Waals surface area contributed by atoms with E-state index >= 15 is 0 Å². The van der Waals surface area contributed by atoms with Gasteiger partial charge in [-0.3, -0.25) is 9.59 Å². The van der Waals surface area contributed by atoms with Crippen LogP contribution in [-0.4, -0.2) is 70.6 Å². The average Bonchev–Trinajstić information content (AvgIpc) is 2.78. The van der Waals surface area contributed by atoms with Crippen LogP contribution in [0.4, 0.5) is 18.9 Å². The van der Waals surface area contributed by atoms with Crippen molar-refractivity contribution in [2.24, 2.45) is 0 Å². The van der Waals surface area contributed by atoms with E-state index in [9.17, 15) is 38.1 Å². The molecule has 0 saturated carbocycles. The highest BCUT2D eigenvalue weighted by molar-refractivity contribution is 5.95. The summed E-state index contributed by atoms with van der Waals surface area (Å²) < 4.78 is 49.2. The molecular formula is C22H23F3N2O7. The van der Waals surface area contributed by atoms with Gasteiger partial charge in [0.1, 0.15) is 30.1 Å². The van der Waals surface area contributed by atoms with E-state index in [4.69, 9.17) is 9.47 Å². The lowest BCUT2D eigenvalue weighted by atomic mass is 9.96. The van der Waals surface area contributed by atoms with Gasteiger partial charge in [-0.2, -0.15) is 13.2 Å². The van der Waals surface area contributed by atoms with Crippen LogP contribution in [-0.2, 0) is 14.3 Å². The fraction of sp³-hybridized carbons (Fsp3) is 0.364. The van der Waals surface area contributed by atoms with Crippen molar-refractivity contribution in [1.82, 2.24) is 5.32 Å². The van der Waals surface area contributed by atoms with Crippen molar-refractivity contribution < 1.29 is 47.6 Å². The number of ether oxygens (including phenoxy) is 2. The minimum atomic E-state index is -5.05. The van der Waals surface area contributed by atoms with E-state index in [0.717, 1.165) is 0 Å². The van der Waals surface area contributed by atoms with Gasteiger partial charge in [0.2, 0.25) is 12.2 Å². The first-order chi connectivity index (χ1) is 16.0.